The van der Waals surface area contributed by atoms with E-state index >= 15 is 0 Å². The van der Waals surface area contributed by atoms with Gasteiger partial charge in [-0.3, -0.25) is 0 Å². The molecule has 0 bridgehead atoms. The van der Waals surface area contributed by atoms with Gasteiger partial charge in [-0.15, -0.1) is 0 Å². The van der Waals surface area contributed by atoms with Gasteiger partial charge in [-0.05, 0) is 6.42 Å². The maximum absolute atomic E-state index is 2.29. The van der Waals surface area contributed by atoms with Crippen LogP contribution in [-0.2, 0) is 0 Å². The molecule has 16 heavy (non-hydrogen) atoms. The van der Waals surface area contributed by atoms with E-state index in [0.29, 0.717) is 0 Å². The minimum Gasteiger partial charge on any atom is -0.0654 e. The van der Waals surface area contributed by atoms with Crippen LogP contribution in [0.25, 0.3) is 0 Å². The summed E-state index contributed by atoms with van der Waals surface area (Å²) in [5.41, 5.74) is 0. The molecule has 0 nitrogen and oxygen atoms in total. The van der Waals surface area contributed by atoms with Gasteiger partial charge < -0.3 is 0 Å². The predicted octanol–water partition coefficient (Wildman–Crippen LogP) is 6.30. The summed E-state index contributed by atoms with van der Waals surface area (Å²) in [7, 11) is 0. The first-order chi connectivity index (χ1) is 7.91. The molecule has 0 spiro atoms. The Morgan fingerprint density at radius 2 is 0.938 bits per heavy atom. The van der Waals surface area contributed by atoms with E-state index in [1.165, 1.54) is 83.5 Å². The lowest BCUT2D eigenvalue weighted by atomic mass is 10.0. The molecule has 0 aliphatic heterocycles. The molecule has 0 atom stereocenters. The number of unbranched alkanes of at least 4 members (excludes halogenated alkanes) is 13. The molecule has 0 heteroatoms. The van der Waals surface area contributed by atoms with Crippen molar-refractivity contribution in [2.45, 2.75) is 97.3 Å². The van der Waals surface area contributed by atoms with E-state index in [9.17, 15) is 0 Å². The summed E-state index contributed by atoms with van der Waals surface area (Å²) in [6, 6.07) is 0. The van der Waals surface area contributed by atoms with Crippen LogP contribution in [0.3, 0.4) is 0 Å². The van der Waals surface area contributed by atoms with Crippen molar-refractivity contribution in [2.75, 3.05) is 0 Å². The molecule has 0 aliphatic carbocycles. The van der Waals surface area contributed by atoms with Gasteiger partial charge in [0.15, 0.2) is 0 Å². The highest BCUT2D eigenvalue weighted by Crippen LogP contribution is 2.12. The Balaban J connectivity index is 2.83. The lowest BCUT2D eigenvalue weighted by molar-refractivity contribution is 0.543. The maximum atomic E-state index is 2.29. The molecule has 97 valence electrons. The summed E-state index contributed by atoms with van der Waals surface area (Å²) in [5.74, 6) is 0. The van der Waals surface area contributed by atoms with E-state index < -0.39 is 0 Å². The Bertz CT molecular complexity index is 92.6. The molecular weight excluding hydrogens is 192 g/mol. The summed E-state index contributed by atoms with van der Waals surface area (Å²) in [6.45, 7) is 4.45. The minimum atomic E-state index is 1.32. The van der Waals surface area contributed by atoms with Crippen molar-refractivity contribution in [3.8, 4) is 0 Å². The van der Waals surface area contributed by atoms with Crippen molar-refractivity contribution in [3.63, 3.8) is 0 Å². The topological polar surface area (TPSA) is 0 Å². The smallest absolute Gasteiger partial charge is 0.0417 e. The van der Waals surface area contributed by atoms with Crippen molar-refractivity contribution in [1.82, 2.24) is 0 Å². The second-order valence-corrected chi connectivity index (χ2v) is 5.09. The molecule has 0 unspecified atom stereocenters. The van der Waals surface area contributed by atoms with Crippen molar-refractivity contribution in [1.29, 1.82) is 0 Å². The van der Waals surface area contributed by atoms with Gasteiger partial charge >= 0.3 is 0 Å². The number of hydrogen-bond acceptors (Lipinski definition) is 0. The van der Waals surface area contributed by atoms with Crippen molar-refractivity contribution in [3.05, 3.63) is 6.42 Å². The van der Waals surface area contributed by atoms with Gasteiger partial charge in [0, 0.05) is 0 Å². The average Bonchev–Trinajstić information content (AvgIpc) is 2.31. The SMILES string of the molecule is C[CH]CCCCCCCCCCCCCC. The first-order valence-corrected chi connectivity index (χ1v) is 7.69. The first-order valence-electron chi connectivity index (χ1n) is 7.69. The second-order valence-electron chi connectivity index (χ2n) is 5.09. The van der Waals surface area contributed by atoms with Gasteiger partial charge in [0.2, 0.25) is 0 Å². The summed E-state index contributed by atoms with van der Waals surface area (Å²) in [5, 5.41) is 0. The molecule has 0 aromatic carbocycles. The van der Waals surface area contributed by atoms with E-state index in [2.05, 4.69) is 20.3 Å². The first kappa shape index (κ1) is 16.0. The molecule has 0 heterocycles. The Labute approximate surface area is 104 Å². The molecule has 0 aromatic heterocycles. The average molecular weight is 225 g/mol. The highest BCUT2D eigenvalue weighted by molar-refractivity contribution is 4.55. The lowest BCUT2D eigenvalue weighted by Crippen LogP contribution is -1.82. The predicted molar refractivity (Wildman–Crippen MR) is 75.7 cm³/mol. The fraction of sp³-hybridized carbons (Fsp3) is 0.938. The fourth-order valence-corrected chi connectivity index (χ4v) is 2.19. The molecule has 0 saturated carbocycles. The standard InChI is InChI=1S/C16H33/c1-3-5-7-9-11-13-15-16-14-12-10-8-6-4-2/h3H,4-16H2,1-2H3. The lowest BCUT2D eigenvalue weighted by Gasteiger charge is -2.02. The molecule has 0 aliphatic rings. The van der Waals surface area contributed by atoms with Gasteiger partial charge in [0.05, 0.1) is 0 Å². The van der Waals surface area contributed by atoms with Crippen molar-refractivity contribution < 1.29 is 0 Å². The fourth-order valence-electron chi connectivity index (χ4n) is 2.19. The van der Waals surface area contributed by atoms with Gasteiger partial charge in [-0.25, -0.2) is 0 Å². The zero-order valence-corrected chi connectivity index (χ0v) is 11.8. The van der Waals surface area contributed by atoms with Crippen LogP contribution in [-0.4, -0.2) is 0 Å². The van der Waals surface area contributed by atoms with Crippen molar-refractivity contribution in [2.24, 2.45) is 0 Å². The zero-order chi connectivity index (χ0) is 11.9. The third-order valence-electron chi connectivity index (χ3n) is 3.35. The molecule has 0 aromatic rings. The monoisotopic (exact) mass is 225 g/mol. The van der Waals surface area contributed by atoms with E-state index in [4.69, 9.17) is 0 Å². The summed E-state index contributed by atoms with van der Waals surface area (Å²) >= 11 is 0. The quantitative estimate of drug-likeness (QED) is 0.323. The molecule has 0 rings (SSSR count). The van der Waals surface area contributed by atoms with Gasteiger partial charge in [0.1, 0.15) is 0 Å². The van der Waals surface area contributed by atoms with E-state index in [0.717, 1.165) is 0 Å². The van der Waals surface area contributed by atoms with Crippen molar-refractivity contribution >= 4 is 0 Å². The molecule has 0 amide bonds. The van der Waals surface area contributed by atoms with Gasteiger partial charge in [-0.1, -0.05) is 97.3 Å². The van der Waals surface area contributed by atoms with Gasteiger partial charge in [-0.2, -0.15) is 0 Å². The molecule has 0 fully saturated rings. The summed E-state index contributed by atoms with van der Waals surface area (Å²) < 4.78 is 0. The van der Waals surface area contributed by atoms with Crippen LogP contribution < -0.4 is 0 Å². The minimum absolute atomic E-state index is 1.32. The highest BCUT2D eigenvalue weighted by Gasteiger charge is 1.92. The Kier molecular flexibility index (Phi) is 15.0. The third-order valence-corrected chi connectivity index (χ3v) is 3.35. The molecule has 1 radical (unpaired) electrons. The van der Waals surface area contributed by atoms with Crippen LogP contribution in [0.4, 0.5) is 0 Å². The van der Waals surface area contributed by atoms with E-state index in [-0.39, 0.29) is 0 Å². The van der Waals surface area contributed by atoms with Crippen LogP contribution in [0.2, 0.25) is 0 Å². The van der Waals surface area contributed by atoms with Crippen LogP contribution in [0.1, 0.15) is 97.3 Å². The Hall–Kier alpha value is 0. The van der Waals surface area contributed by atoms with Crippen LogP contribution in [0.15, 0.2) is 0 Å². The summed E-state index contributed by atoms with van der Waals surface area (Å²) in [4.78, 5) is 0. The number of rotatable bonds is 13. The summed E-state index contributed by atoms with van der Waals surface area (Å²) in [6.07, 6.45) is 21.0. The van der Waals surface area contributed by atoms with E-state index in [1.54, 1.807) is 0 Å². The van der Waals surface area contributed by atoms with Crippen LogP contribution in [0, 0.1) is 6.42 Å². The van der Waals surface area contributed by atoms with Gasteiger partial charge in [0.25, 0.3) is 0 Å². The molecule has 0 N–H and O–H groups in total. The zero-order valence-electron chi connectivity index (χ0n) is 11.8. The third kappa shape index (κ3) is 14.0. The maximum Gasteiger partial charge on any atom is -0.0417 e. The van der Waals surface area contributed by atoms with Crippen LogP contribution in [0.5, 0.6) is 0 Å². The normalized spacial score (nSPS) is 10.9. The second kappa shape index (κ2) is 15.0. The molecule has 0 saturated heterocycles. The van der Waals surface area contributed by atoms with Crippen LogP contribution >= 0.6 is 0 Å². The Morgan fingerprint density at radius 1 is 0.562 bits per heavy atom. The van der Waals surface area contributed by atoms with E-state index in [1.807, 2.05) is 0 Å². The largest absolute Gasteiger partial charge is 0.0654 e. The molecular formula is C16H33. The Morgan fingerprint density at radius 3 is 1.31 bits per heavy atom. The highest BCUT2D eigenvalue weighted by atomic mass is 14.0. The number of hydrogen-bond donors (Lipinski definition) is 0.